The Morgan fingerprint density at radius 3 is 2.11 bits per heavy atom. The minimum atomic E-state index is -5.08. The molecule has 0 aliphatic heterocycles. The van der Waals surface area contributed by atoms with Crippen LogP contribution in [0.3, 0.4) is 0 Å². The van der Waals surface area contributed by atoms with Crippen LogP contribution in [0, 0.1) is 0 Å². The average molecular weight is 509 g/mol. The number of nitrogens with zero attached hydrogens (tertiary/aromatic N) is 4. The van der Waals surface area contributed by atoms with Crippen molar-refractivity contribution < 1.29 is 27.9 Å². The van der Waals surface area contributed by atoms with Gasteiger partial charge in [0.2, 0.25) is 11.7 Å². The fourth-order valence-corrected chi connectivity index (χ4v) is 3.22. The van der Waals surface area contributed by atoms with E-state index in [1.165, 1.54) is 5.56 Å². The Balaban J connectivity index is 0.000000479. The third kappa shape index (κ3) is 7.59. The highest BCUT2D eigenvalue weighted by Crippen LogP contribution is 2.30. The fraction of sp³-hybridized carbons (Fsp3) is 0.115. The minimum Gasteiger partial charge on any atom is -0.475 e. The number of aromatic amines is 1. The zero-order valence-electron chi connectivity index (χ0n) is 19.6. The minimum absolute atomic E-state index is 0.0640. The van der Waals surface area contributed by atoms with Crippen LogP contribution in [0.1, 0.15) is 5.56 Å². The molecule has 2 N–H and O–H groups in total. The summed E-state index contributed by atoms with van der Waals surface area (Å²) >= 11 is 0. The van der Waals surface area contributed by atoms with Gasteiger partial charge in [0.05, 0.1) is 0 Å². The van der Waals surface area contributed by atoms with Crippen molar-refractivity contribution in [3.8, 4) is 22.5 Å². The molecule has 0 fully saturated rings. The normalized spacial score (nSPS) is 11.0. The number of amides is 1. The Kier molecular flexibility index (Phi) is 8.87. The standard InChI is InChI=1S/C24H21N5O.C2HF3O2/c1-29(23(30)13-7-10-18-8-3-2-4-9-18)20-16-14-19(15-17-20)21-11-5-6-12-22(21)24-25-27-28-26-24;3-2(4,5)1(6)7/h2-9,11-17H,10H2,1H3,(H,25,26,27,28);(H,6,7). The quantitative estimate of drug-likeness (QED) is 0.357. The molecule has 0 saturated carbocycles. The van der Waals surface area contributed by atoms with Gasteiger partial charge in [-0.1, -0.05) is 72.8 Å². The smallest absolute Gasteiger partial charge is 0.475 e. The van der Waals surface area contributed by atoms with Gasteiger partial charge in [-0.2, -0.15) is 18.4 Å². The molecule has 1 heterocycles. The van der Waals surface area contributed by atoms with E-state index < -0.39 is 12.1 Å². The first kappa shape index (κ1) is 26.8. The Morgan fingerprint density at radius 1 is 0.946 bits per heavy atom. The summed E-state index contributed by atoms with van der Waals surface area (Å²) in [4.78, 5) is 23.0. The van der Waals surface area contributed by atoms with Crippen molar-refractivity contribution >= 4 is 17.6 Å². The van der Waals surface area contributed by atoms with Gasteiger partial charge in [0.25, 0.3) is 0 Å². The first-order valence-corrected chi connectivity index (χ1v) is 10.9. The number of aliphatic carboxylic acids is 1. The maximum Gasteiger partial charge on any atom is 0.490 e. The summed E-state index contributed by atoms with van der Waals surface area (Å²) < 4.78 is 31.7. The van der Waals surface area contributed by atoms with Gasteiger partial charge in [-0.05, 0) is 46.5 Å². The van der Waals surface area contributed by atoms with Gasteiger partial charge in [-0.15, -0.1) is 10.2 Å². The van der Waals surface area contributed by atoms with Crippen molar-refractivity contribution in [2.45, 2.75) is 12.6 Å². The van der Waals surface area contributed by atoms with Gasteiger partial charge in [-0.25, -0.2) is 4.79 Å². The van der Waals surface area contributed by atoms with Crippen LogP contribution in [0.4, 0.5) is 18.9 Å². The van der Waals surface area contributed by atoms with E-state index in [1.807, 2.05) is 84.9 Å². The third-order valence-corrected chi connectivity index (χ3v) is 5.11. The van der Waals surface area contributed by atoms with Crippen molar-refractivity contribution in [2.24, 2.45) is 0 Å². The monoisotopic (exact) mass is 509 g/mol. The number of carbonyl (C=O) groups excluding carboxylic acids is 1. The van der Waals surface area contributed by atoms with Gasteiger partial charge in [0, 0.05) is 18.3 Å². The second kappa shape index (κ2) is 12.2. The molecule has 0 aliphatic rings. The molecule has 0 saturated heterocycles. The summed E-state index contributed by atoms with van der Waals surface area (Å²) in [5.41, 5.74) is 4.91. The van der Waals surface area contributed by atoms with Crippen LogP contribution in [0.25, 0.3) is 22.5 Å². The van der Waals surface area contributed by atoms with Crippen molar-refractivity contribution in [2.75, 3.05) is 11.9 Å². The van der Waals surface area contributed by atoms with E-state index in [-0.39, 0.29) is 5.91 Å². The van der Waals surface area contributed by atoms with E-state index in [0.717, 1.165) is 28.8 Å². The van der Waals surface area contributed by atoms with Gasteiger partial charge >= 0.3 is 12.1 Å². The highest BCUT2D eigenvalue weighted by atomic mass is 19.4. The molecule has 1 amide bonds. The zero-order chi connectivity index (χ0) is 26.8. The molecular formula is C26H22F3N5O3. The van der Waals surface area contributed by atoms with Crippen LogP contribution < -0.4 is 4.90 Å². The van der Waals surface area contributed by atoms with E-state index in [9.17, 15) is 18.0 Å². The maximum atomic E-state index is 12.5. The second-order valence-electron chi connectivity index (χ2n) is 7.62. The van der Waals surface area contributed by atoms with E-state index in [0.29, 0.717) is 5.82 Å². The molecule has 4 rings (SSSR count). The Hall–Kier alpha value is -4.80. The lowest BCUT2D eigenvalue weighted by Gasteiger charge is -2.16. The van der Waals surface area contributed by atoms with E-state index in [4.69, 9.17) is 9.90 Å². The van der Waals surface area contributed by atoms with Crippen molar-refractivity contribution in [3.05, 3.63) is 96.6 Å². The number of rotatable bonds is 6. The first-order chi connectivity index (χ1) is 17.7. The number of aromatic nitrogens is 4. The molecule has 37 heavy (non-hydrogen) atoms. The highest BCUT2D eigenvalue weighted by Gasteiger charge is 2.38. The summed E-state index contributed by atoms with van der Waals surface area (Å²) in [5, 5.41) is 21.4. The number of carbonyl (C=O) groups is 2. The molecule has 4 aromatic rings. The highest BCUT2D eigenvalue weighted by molar-refractivity contribution is 6.01. The van der Waals surface area contributed by atoms with E-state index in [1.54, 1.807) is 18.0 Å². The third-order valence-electron chi connectivity index (χ3n) is 5.11. The van der Waals surface area contributed by atoms with Gasteiger partial charge in [0.15, 0.2) is 0 Å². The summed E-state index contributed by atoms with van der Waals surface area (Å²) in [5.74, 6) is -2.27. The van der Waals surface area contributed by atoms with Crippen LogP contribution >= 0.6 is 0 Å². The molecule has 11 heteroatoms. The molecule has 1 aromatic heterocycles. The number of allylic oxidation sites excluding steroid dienone is 1. The number of benzene rings is 3. The zero-order valence-corrected chi connectivity index (χ0v) is 19.6. The van der Waals surface area contributed by atoms with Crippen LogP contribution in [0.5, 0.6) is 0 Å². The van der Waals surface area contributed by atoms with Gasteiger partial charge in [-0.3, -0.25) is 4.79 Å². The number of nitrogens with one attached hydrogen (secondary N) is 1. The molecular weight excluding hydrogens is 487 g/mol. The van der Waals surface area contributed by atoms with Gasteiger partial charge in [0.1, 0.15) is 0 Å². The number of tetrazole rings is 1. The molecule has 0 atom stereocenters. The Morgan fingerprint density at radius 2 is 1.54 bits per heavy atom. The van der Waals surface area contributed by atoms with Crippen LogP contribution in [0.15, 0.2) is 91.0 Å². The Labute approximate surface area is 210 Å². The molecule has 3 aromatic carbocycles. The SMILES string of the molecule is CN(C(=O)C=CCc1ccccc1)c1ccc(-c2ccccc2-c2nn[nH]n2)cc1.O=C(O)C(F)(F)F. The van der Waals surface area contributed by atoms with Crippen LogP contribution in [-0.4, -0.2) is 50.8 Å². The van der Waals surface area contributed by atoms with Crippen molar-refractivity contribution in [3.63, 3.8) is 0 Å². The molecule has 0 unspecified atom stereocenters. The van der Waals surface area contributed by atoms with E-state index in [2.05, 4.69) is 20.6 Å². The molecule has 8 nitrogen and oxygen atoms in total. The number of H-pyrrole nitrogens is 1. The predicted molar refractivity (Wildman–Crippen MR) is 131 cm³/mol. The number of carboxylic acid groups (broad SMARTS) is 1. The maximum absolute atomic E-state index is 12.5. The lowest BCUT2D eigenvalue weighted by Crippen LogP contribution is -2.23. The predicted octanol–water partition coefficient (Wildman–Crippen LogP) is 4.93. The summed E-state index contributed by atoms with van der Waals surface area (Å²) in [6.07, 6.45) is -0.845. The number of likely N-dealkylation sites (N-methyl/N-ethyl adjacent to an activating group) is 1. The second-order valence-corrected chi connectivity index (χ2v) is 7.62. The molecule has 0 bridgehead atoms. The van der Waals surface area contributed by atoms with Crippen LogP contribution in [0.2, 0.25) is 0 Å². The summed E-state index contributed by atoms with van der Waals surface area (Å²) in [7, 11) is 1.78. The number of hydrogen-bond acceptors (Lipinski definition) is 5. The van der Waals surface area contributed by atoms with Gasteiger partial charge < -0.3 is 10.0 Å². The number of alkyl halides is 3. The number of halogens is 3. The summed E-state index contributed by atoms with van der Waals surface area (Å²) in [6.45, 7) is 0. The molecule has 0 radical (unpaired) electrons. The first-order valence-electron chi connectivity index (χ1n) is 10.9. The number of carboxylic acids is 1. The van der Waals surface area contributed by atoms with Crippen molar-refractivity contribution in [1.29, 1.82) is 0 Å². The van der Waals surface area contributed by atoms with Crippen molar-refractivity contribution in [1.82, 2.24) is 20.6 Å². The fourth-order valence-electron chi connectivity index (χ4n) is 3.22. The lowest BCUT2D eigenvalue weighted by atomic mass is 9.99. The van der Waals surface area contributed by atoms with Crippen LogP contribution in [-0.2, 0) is 16.0 Å². The summed E-state index contributed by atoms with van der Waals surface area (Å²) in [6, 6.07) is 25.8. The molecule has 0 aliphatic carbocycles. The molecule has 0 spiro atoms. The Bertz CT molecular complexity index is 1340. The lowest BCUT2D eigenvalue weighted by molar-refractivity contribution is -0.192. The average Bonchev–Trinajstić information content (AvgIpc) is 3.44. The molecule has 190 valence electrons. The van der Waals surface area contributed by atoms with E-state index >= 15 is 0 Å². The largest absolute Gasteiger partial charge is 0.490 e. The topological polar surface area (TPSA) is 112 Å². The number of hydrogen-bond donors (Lipinski definition) is 2. The number of anilines is 1.